The van der Waals surface area contributed by atoms with Gasteiger partial charge in [-0.2, -0.15) is 0 Å². The molecule has 0 aliphatic heterocycles. The number of benzene rings is 2. The number of hydrogen-bond donors (Lipinski definition) is 1. The van der Waals surface area contributed by atoms with E-state index in [1.54, 1.807) is 0 Å². The molecule has 0 radical (unpaired) electrons. The average molecular weight is 300 g/mol. The van der Waals surface area contributed by atoms with Crippen molar-refractivity contribution in [3.05, 3.63) is 64.9 Å². The summed E-state index contributed by atoms with van der Waals surface area (Å²) < 4.78 is 2.04. The number of aromatic nitrogens is 2. The van der Waals surface area contributed by atoms with Crippen molar-refractivity contribution in [2.24, 2.45) is 12.8 Å². The second-order valence-corrected chi connectivity index (χ2v) is 5.73. The fourth-order valence-corrected chi connectivity index (χ4v) is 2.78. The molecule has 0 bridgehead atoms. The van der Waals surface area contributed by atoms with Crippen LogP contribution in [-0.4, -0.2) is 9.55 Å². The third-order valence-corrected chi connectivity index (χ3v) is 4.03. The lowest BCUT2D eigenvalue weighted by Gasteiger charge is -2.11. The van der Waals surface area contributed by atoms with Gasteiger partial charge in [-0.15, -0.1) is 0 Å². The van der Waals surface area contributed by atoms with E-state index in [1.165, 1.54) is 5.56 Å². The van der Waals surface area contributed by atoms with Crippen molar-refractivity contribution in [2.75, 3.05) is 0 Å². The van der Waals surface area contributed by atoms with Crippen molar-refractivity contribution in [2.45, 2.75) is 18.9 Å². The van der Waals surface area contributed by atoms with Crippen molar-refractivity contribution in [3.8, 4) is 0 Å². The summed E-state index contributed by atoms with van der Waals surface area (Å²) in [5, 5.41) is 0.718. The van der Waals surface area contributed by atoms with Crippen molar-refractivity contribution in [3.63, 3.8) is 0 Å². The first-order chi connectivity index (χ1) is 10.1. The van der Waals surface area contributed by atoms with Gasteiger partial charge < -0.3 is 10.3 Å². The summed E-state index contributed by atoms with van der Waals surface area (Å²) in [6.07, 6.45) is 1.82. The Balaban J connectivity index is 1.81. The minimum atomic E-state index is -0.0821. The number of rotatable bonds is 4. The zero-order valence-electron chi connectivity index (χ0n) is 12.0. The third-order valence-electron chi connectivity index (χ3n) is 3.80. The molecule has 1 heterocycles. The smallest absolute Gasteiger partial charge is 0.126 e. The van der Waals surface area contributed by atoms with Gasteiger partial charge in [-0.1, -0.05) is 41.9 Å². The molecule has 0 saturated carbocycles. The fourth-order valence-electron chi connectivity index (χ4n) is 2.61. The summed E-state index contributed by atoms with van der Waals surface area (Å²) in [4.78, 5) is 4.64. The van der Waals surface area contributed by atoms with E-state index in [0.717, 1.165) is 34.7 Å². The normalized spacial score (nSPS) is 12.7. The molecule has 0 saturated heterocycles. The molecule has 0 aliphatic carbocycles. The average Bonchev–Trinajstić information content (AvgIpc) is 2.83. The molecule has 3 aromatic rings. The standard InChI is InChI=1S/C17H18ClN3/c1-21-16-11-13(18)8-10-15(16)20-17(21)14(19)9-7-12-5-3-2-4-6-12/h2-6,8,10-11,14H,7,9,19H2,1H3. The van der Waals surface area contributed by atoms with Crippen LogP contribution in [0.4, 0.5) is 0 Å². The Hall–Kier alpha value is -1.84. The van der Waals surface area contributed by atoms with E-state index >= 15 is 0 Å². The van der Waals surface area contributed by atoms with E-state index in [2.05, 4.69) is 29.2 Å². The summed E-state index contributed by atoms with van der Waals surface area (Å²) in [7, 11) is 1.99. The van der Waals surface area contributed by atoms with Gasteiger partial charge in [0.2, 0.25) is 0 Å². The van der Waals surface area contributed by atoms with Crippen LogP contribution in [0.5, 0.6) is 0 Å². The molecule has 1 unspecified atom stereocenters. The zero-order chi connectivity index (χ0) is 14.8. The Morgan fingerprint density at radius 2 is 1.95 bits per heavy atom. The Morgan fingerprint density at radius 3 is 2.71 bits per heavy atom. The van der Waals surface area contributed by atoms with Gasteiger partial charge in [0, 0.05) is 12.1 Å². The van der Waals surface area contributed by atoms with E-state index in [-0.39, 0.29) is 6.04 Å². The summed E-state index contributed by atoms with van der Waals surface area (Å²) in [6.45, 7) is 0. The molecular weight excluding hydrogens is 282 g/mol. The van der Waals surface area contributed by atoms with Crippen LogP contribution in [0, 0.1) is 0 Å². The molecule has 3 nitrogen and oxygen atoms in total. The number of hydrogen-bond acceptors (Lipinski definition) is 2. The van der Waals surface area contributed by atoms with Gasteiger partial charge in [-0.05, 0) is 36.6 Å². The predicted octanol–water partition coefficient (Wildman–Crippen LogP) is 3.86. The molecule has 0 spiro atoms. The summed E-state index contributed by atoms with van der Waals surface area (Å²) in [5.41, 5.74) is 9.59. The maximum atomic E-state index is 6.33. The Morgan fingerprint density at radius 1 is 1.19 bits per heavy atom. The highest BCUT2D eigenvalue weighted by Crippen LogP contribution is 2.23. The molecule has 21 heavy (non-hydrogen) atoms. The van der Waals surface area contributed by atoms with Crippen LogP contribution in [0.25, 0.3) is 11.0 Å². The van der Waals surface area contributed by atoms with E-state index in [4.69, 9.17) is 17.3 Å². The topological polar surface area (TPSA) is 43.8 Å². The summed E-state index contributed by atoms with van der Waals surface area (Å²) >= 11 is 6.05. The van der Waals surface area contributed by atoms with Gasteiger partial charge in [0.25, 0.3) is 0 Å². The van der Waals surface area contributed by atoms with E-state index in [1.807, 2.05) is 35.9 Å². The lowest BCUT2D eigenvalue weighted by atomic mass is 10.1. The minimum Gasteiger partial charge on any atom is -0.330 e. The number of halogens is 1. The van der Waals surface area contributed by atoms with Crippen LogP contribution in [0.2, 0.25) is 5.02 Å². The number of nitrogens with two attached hydrogens (primary N) is 1. The quantitative estimate of drug-likeness (QED) is 0.795. The number of fused-ring (bicyclic) bond motifs is 1. The van der Waals surface area contributed by atoms with Crippen molar-refractivity contribution < 1.29 is 0 Å². The first-order valence-corrected chi connectivity index (χ1v) is 7.44. The van der Waals surface area contributed by atoms with Gasteiger partial charge >= 0.3 is 0 Å². The molecule has 0 aliphatic rings. The van der Waals surface area contributed by atoms with Gasteiger partial charge in [0.15, 0.2) is 0 Å². The second-order valence-electron chi connectivity index (χ2n) is 5.29. The molecule has 1 aromatic heterocycles. The largest absolute Gasteiger partial charge is 0.330 e. The summed E-state index contributed by atoms with van der Waals surface area (Å²) in [5.74, 6) is 0.906. The molecule has 1 atom stereocenters. The lowest BCUT2D eigenvalue weighted by Crippen LogP contribution is -2.16. The lowest BCUT2D eigenvalue weighted by molar-refractivity contribution is 0.592. The molecule has 3 rings (SSSR count). The van der Waals surface area contributed by atoms with Crippen LogP contribution >= 0.6 is 11.6 Å². The minimum absolute atomic E-state index is 0.0821. The van der Waals surface area contributed by atoms with Gasteiger partial charge in [0.05, 0.1) is 17.1 Å². The Bertz CT molecular complexity index is 749. The van der Waals surface area contributed by atoms with Crippen LogP contribution in [-0.2, 0) is 13.5 Å². The fraction of sp³-hybridized carbons (Fsp3) is 0.235. The second kappa shape index (κ2) is 5.88. The van der Waals surface area contributed by atoms with Crippen LogP contribution in [0.15, 0.2) is 48.5 Å². The van der Waals surface area contributed by atoms with Crippen molar-refractivity contribution in [1.29, 1.82) is 0 Å². The third kappa shape index (κ3) is 2.94. The predicted molar refractivity (Wildman–Crippen MR) is 87.4 cm³/mol. The molecule has 2 aromatic carbocycles. The Kier molecular flexibility index (Phi) is 3.95. The summed E-state index contributed by atoms with van der Waals surface area (Å²) in [6, 6.07) is 16.0. The molecule has 4 heteroatoms. The highest BCUT2D eigenvalue weighted by atomic mass is 35.5. The van der Waals surface area contributed by atoms with Crippen LogP contribution < -0.4 is 5.73 Å². The SMILES string of the molecule is Cn1c(C(N)CCc2ccccc2)nc2ccc(Cl)cc21. The molecule has 0 fully saturated rings. The molecule has 2 N–H and O–H groups in total. The number of nitrogens with zero attached hydrogens (tertiary/aromatic N) is 2. The van der Waals surface area contributed by atoms with E-state index in [0.29, 0.717) is 0 Å². The van der Waals surface area contributed by atoms with Gasteiger partial charge in [0.1, 0.15) is 5.82 Å². The van der Waals surface area contributed by atoms with E-state index in [9.17, 15) is 0 Å². The van der Waals surface area contributed by atoms with Crippen molar-refractivity contribution in [1.82, 2.24) is 9.55 Å². The number of imidazole rings is 1. The van der Waals surface area contributed by atoms with Crippen LogP contribution in [0.3, 0.4) is 0 Å². The van der Waals surface area contributed by atoms with E-state index < -0.39 is 0 Å². The highest BCUT2D eigenvalue weighted by Gasteiger charge is 2.15. The van der Waals surface area contributed by atoms with Gasteiger partial charge in [-0.3, -0.25) is 0 Å². The zero-order valence-corrected chi connectivity index (χ0v) is 12.7. The maximum absolute atomic E-state index is 6.33. The van der Waals surface area contributed by atoms with Crippen LogP contribution in [0.1, 0.15) is 23.9 Å². The molecular formula is C17H18ClN3. The number of aryl methyl sites for hydroxylation is 2. The van der Waals surface area contributed by atoms with Crippen molar-refractivity contribution >= 4 is 22.6 Å². The first-order valence-electron chi connectivity index (χ1n) is 7.06. The monoisotopic (exact) mass is 299 g/mol. The Labute approximate surface area is 129 Å². The van der Waals surface area contributed by atoms with Gasteiger partial charge in [-0.25, -0.2) is 4.98 Å². The highest BCUT2D eigenvalue weighted by molar-refractivity contribution is 6.31. The maximum Gasteiger partial charge on any atom is 0.126 e. The first kappa shape index (κ1) is 14.1. The molecule has 108 valence electrons. The molecule has 0 amide bonds.